The zero-order valence-corrected chi connectivity index (χ0v) is 15.3. The third kappa shape index (κ3) is 2.44. The van der Waals surface area contributed by atoms with Gasteiger partial charge in [0.2, 0.25) is 6.79 Å². The largest absolute Gasteiger partial charge is 0.454 e. The third-order valence-electron chi connectivity index (χ3n) is 5.22. The molecule has 2 aliphatic heterocycles. The van der Waals surface area contributed by atoms with Gasteiger partial charge in [0.1, 0.15) is 11.3 Å². The van der Waals surface area contributed by atoms with Crippen molar-refractivity contribution in [3.8, 4) is 11.5 Å². The average molecular weight is 384 g/mol. The maximum absolute atomic E-state index is 13.5. The maximum Gasteiger partial charge on any atom is 0.262 e. The molecule has 2 aromatic heterocycles. The molecule has 6 rings (SSSR count). The van der Waals surface area contributed by atoms with Crippen molar-refractivity contribution in [3.63, 3.8) is 0 Å². The predicted molar refractivity (Wildman–Crippen MR) is 107 cm³/mol. The van der Waals surface area contributed by atoms with Gasteiger partial charge in [0.15, 0.2) is 17.7 Å². The van der Waals surface area contributed by atoms with Gasteiger partial charge in [0.25, 0.3) is 5.91 Å². The van der Waals surface area contributed by atoms with Crippen LogP contribution in [0, 0.1) is 0 Å². The molecule has 0 unspecified atom stereocenters. The van der Waals surface area contributed by atoms with E-state index in [1.807, 2.05) is 77.5 Å². The van der Waals surface area contributed by atoms with E-state index in [1.54, 1.807) is 4.90 Å². The summed E-state index contributed by atoms with van der Waals surface area (Å²) in [5.74, 6) is 1.21. The molecular weight excluding hydrogens is 368 g/mol. The Morgan fingerprint density at radius 3 is 2.79 bits per heavy atom. The minimum absolute atomic E-state index is 0.0970. The lowest BCUT2D eigenvalue weighted by Gasteiger charge is -2.37. The van der Waals surface area contributed by atoms with Crippen LogP contribution in [0.25, 0.3) is 5.65 Å². The molecule has 0 bridgehead atoms. The zero-order chi connectivity index (χ0) is 19.4. The van der Waals surface area contributed by atoms with Crippen LogP contribution in [0.2, 0.25) is 0 Å². The minimum atomic E-state index is -0.460. The molecule has 1 amide bonds. The number of amides is 1. The van der Waals surface area contributed by atoms with E-state index in [1.165, 1.54) is 0 Å². The average Bonchev–Trinajstić information content (AvgIpc) is 3.40. The summed E-state index contributed by atoms with van der Waals surface area (Å²) in [6.45, 7) is 0.184. The zero-order valence-electron chi connectivity index (χ0n) is 15.3. The molecule has 1 atom stereocenters. The Balaban J connectivity index is 1.52. The number of carbonyl (C=O) groups excluding carboxylic acids is 1. The fourth-order valence-electron chi connectivity index (χ4n) is 3.85. The molecule has 4 aromatic rings. The van der Waals surface area contributed by atoms with Crippen LogP contribution in [0.1, 0.15) is 22.2 Å². The van der Waals surface area contributed by atoms with Gasteiger partial charge in [-0.1, -0.05) is 18.2 Å². The molecule has 2 aromatic carbocycles. The molecule has 142 valence electrons. The van der Waals surface area contributed by atoms with E-state index in [9.17, 15) is 4.79 Å². The first-order valence-corrected chi connectivity index (χ1v) is 9.30. The number of rotatable bonds is 2. The normalized spacial score (nSPS) is 17.3. The van der Waals surface area contributed by atoms with Gasteiger partial charge in [-0.15, -0.1) is 0 Å². The molecule has 0 saturated heterocycles. The van der Waals surface area contributed by atoms with Crippen molar-refractivity contribution < 1.29 is 14.3 Å². The van der Waals surface area contributed by atoms with Crippen LogP contribution in [0.15, 0.2) is 73.1 Å². The number of nitrogens with zero attached hydrogens (tertiary/aromatic N) is 3. The third-order valence-corrected chi connectivity index (χ3v) is 5.22. The Morgan fingerprint density at radius 1 is 1.00 bits per heavy atom. The second kappa shape index (κ2) is 6.00. The number of imidazole rings is 1. The monoisotopic (exact) mass is 384 g/mol. The first-order chi connectivity index (χ1) is 14.3. The summed E-state index contributed by atoms with van der Waals surface area (Å²) in [6.07, 6.45) is 3.42. The lowest BCUT2D eigenvalue weighted by atomic mass is 10.1. The molecule has 0 fully saturated rings. The minimum Gasteiger partial charge on any atom is -0.454 e. The van der Waals surface area contributed by atoms with Gasteiger partial charge in [-0.2, -0.15) is 0 Å². The lowest BCUT2D eigenvalue weighted by Crippen LogP contribution is -2.43. The summed E-state index contributed by atoms with van der Waals surface area (Å²) in [7, 11) is 0. The standard InChI is InChI=1S/C22H16N4O3/c27-22-15-5-1-2-6-16(15)24-21(17-12-25-10-4-3-7-20(25)23-17)26(22)14-8-9-18-19(11-14)29-13-28-18/h1-12,21,24H,13H2/t21-/m1/s1. The second-order valence-corrected chi connectivity index (χ2v) is 6.94. The number of nitrogens with one attached hydrogen (secondary N) is 1. The number of ether oxygens (including phenoxy) is 2. The Hall–Kier alpha value is -4.00. The highest BCUT2D eigenvalue weighted by Gasteiger charge is 2.36. The summed E-state index contributed by atoms with van der Waals surface area (Å²) in [5, 5.41) is 3.48. The highest BCUT2D eigenvalue weighted by molar-refractivity contribution is 6.12. The van der Waals surface area contributed by atoms with Crippen LogP contribution >= 0.6 is 0 Å². The van der Waals surface area contributed by atoms with Gasteiger partial charge in [-0.05, 0) is 36.4 Å². The van der Waals surface area contributed by atoms with Gasteiger partial charge in [0, 0.05) is 24.1 Å². The Morgan fingerprint density at radius 2 is 1.86 bits per heavy atom. The number of aromatic nitrogens is 2. The first-order valence-electron chi connectivity index (χ1n) is 9.30. The van der Waals surface area contributed by atoms with E-state index < -0.39 is 6.17 Å². The molecule has 0 saturated carbocycles. The number of pyridine rings is 1. The number of para-hydroxylation sites is 1. The van der Waals surface area contributed by atoms with Crippen LogP contribution in [0.3, 0.4) is 0 Å². The lowest BCUT2D eigenvalue weighted by molar-refractivity contribution is 0.0974. The SMILES string of the molecule is O=C1c2ccccc2N[C@@H](c2cn3ccccc3n2)N1c1ccc2c(c1)OCO2. The van der Waals surface area contributed by atoms with Crippen molar-refractivity contribution in [1.29, 1.82) is 0 Å². The van der Waals surface area contributed by atoms with Crippen molar-refractivity contribution in [2.75, 3.05) is 17.0 Å². The van der Waals surface area contributed by atoms with Crippen LogP contribution in [0.4, 0.5) is 11.4 Å². The van der Waals surface area contributed by atoms with Crippen molar-refractivity contribution in [2.24, 2.45) is 0 Å². The van der Waals surface area contributed by atoms with Gasteiger partial charge in [-0.25, -0.2) is 4.98 Å². The molecule has 0 spiro atoms. The Kier molecular flexibility index (Phi) is 3.31. The number of benzene rings is 2. The van der Waals surface area contributed by atoms with Crippen LogP contribution < -0.4 is 19.7 Å². The van der Waals surface area contributed by atoms with Crippen molar-refractivity contribution in [2.45, 2.75) is 6.17 Å². The van der Waals surface area contributed by atoms with Crippen molar-refractivity contribution >= 4 is 22.9 Å². The summed E-state index contributed by atoms with van der Waals surface area (Å²) in [5.41, 5.74) is 3.68. The first kappa shape index (κ1) is 16.0. The molecule has 0 aliphatic carbocycles. The maximum atomic E-state index is 13.5. The molecule has 0 radical (unpaired) electrons. The molecule has 2 aliphatic rings. The molecule has 7 heteroatoms. The number of hydrogen-bond donors (Lipinski definition) is 1. The fourth-order valence-corrected chi connectivity index (χ4v) is 3.85. The van der Waals surface area contributed by atoms with E-state index in [0.29, 0.717) is 22.7 Å². The summed E-state index contributed by atoms with van der Waals surface area (Å²) in [6, 6.07) is 18.9. The smallest absolute Gasteiger partial charge is 0.262 e. The molecule has 29 heavy (non-hydrogen) atoms. The second-order valence-electron chi connectivity index (χ2n) is 6.94. The van der Waals surface area contributed by atoms with E-state index in [4.69, 9.17) is 14.5 Å². The number of carbonyl (C=O) groups is 1. The number of anilines is 2. The van der Waals surface area contributed by atoms with E-state index in [-0.39, 0.29) is 12.7 Å². The van der Waals surface area contributed by atoms with Crippen molar-refractivity contribution in [3.05, 3.63) is 84.3 Å². The summed E-state index contributed by atoms with van der Waals surface area (Å²) < 4.78 is 12.9. The number of hydrogen-bond acceptors (Lipinski definition) is 5. The highest BCUT2D eigenvalue weighted by Crippen LogP contribution is 2.41. The summed E-state index contributed by atoms with van der Waals surface area (Å²) in [4.78, 5) is 20.0. The van der Waals surface area contributed by atoms with Crippen molar-refractivity contribution in [1.82, 2.24) is 9.38 Å². The topological polar surface area (TPSA) is 68.1 Å². The molecular formula is C22H16N4O3. The molecule has 4 heterocycles. The summed E-state index contributed by atoms with van der Waals surface area (Å²) >= 11 is 0. The van der Waals surface area contributed by atoms with Gasteiger partial charge < -0.3 is 19.2 Å². The number of fused-ring (bicyclic) bond motifs is 3. The fraction of sp³-hybridized carbons (Fsp3) is 0.0909. The Bertz CT molecular complexity index is 1230. The van der Waals surface area contributed by atoms with E-state index in [2.05, 4.69) is 5.32 Å². The highest BCUT2D eigenvalue weighted by atomic mass is 16.7. The van der Waals surface area contributed by atoms with Crippen LogP contribution in [0.5, 0.6) is 11.5 Å². The molecule has 7 nitrogen and oxygen atoms in total. The predicted octanol–water partition coefficient (Wildman–Crippen LogP) is 3.83. The van der Waals surface area contributed by atoms with Gasteiger partial charge >= 0.3 is 0 Å². The van der Waals surface area contributed by atoms with Gasteiger partial charge in [-0.3, -0.25) is 9.69 Å². The Labute approximate surface area is 166 Å². The quantitative estimate of drug-likeness (QED) is 0.569. The molecule has 1 N–H and O–H groups in total. The van der Waals surface area contributed by atoms with Crippen LogP contribution in [-0.4, -0.2) is 22.1 Å². The van der Waals surface area contributed by atoms with Gasteiger partial charge in [0.05, 0.1) is 11.3 Å². The van der Waals surface area contributed by atoms with E-state index >= 15 is 0 Å². The van der Waals surface area contributed by atoms with Crippen LogP contribution in [-0.2, 0) is 0 Å². The van der Waals surface area contributed by atoms with E-state index in [0.717, 1.165) is 17.0 Å².